The SMILES string of the molecule is Cc1cc(-c2cncn2C(C)C)nc2ccc(N3CCOCC3)cc12. The lowest BCUT2D eigenvalue weighted by molar-refractivity contribution is 0.122. The summed E-state index contributed by atoms with van der Waals surface area (Å²) in [7, 11) is 0. The topological polar surface area (TPSA) is 43.2 Å². The zero-order chi connectivity index (χ0) is 17.4. The standard InChI is InChI=1S/C20H24N4O/c1-14(2)24-13-21-12-20(24)19-10-15(3)17-11-16(4-5-18(17)22-19)23-6-8-25-9-7-23/h4-5,10-14H,6-9H2,1-3H3. The van der Waals surface area contributed by atoms with Crippen molar-refractivity contribution in [2.75, 3.05) is 31.2 Å². The van der Waals surface area contributed by atoms with Gasteiger partial charge in [0.15, 0.2) is 0 Å². The molecule has 0 spiro atoms. The van der Waals surface area contributed by atoms with Crippen LogP contribution in [0.4, 0.5) is 5.69 Å². The summed E-state index contributed by atoms with van der Waals surface area (Å²) in [5.41, 5.74) is 5.57. The van der Waals surface area contributed by atoms with Crippen molar-refractivity contribution in [1.29, 1.82) is 0 Å². The van der Waals surface area contributed by atoms with Crippen LogP contribution in [0.1, 0.15) is 25.5 Å². The van der Waals surface area contributed by atoms with E-state index in [0.717, 1.165) is 43.2 Å². The van der Waals surface area contributed by atoms with Crippen LogP contribution in [-0.4, -0.2) is 40.8 Å². The minimum Gasteiger partial charge on any atom is -0.378 e. The molecule has 5 nitrogen and oxygen atoms in total. The fourth-order valence-corrected chi connectivity index (χ4v) is 3.45. The van der Waals surface area contributed by atoms with Gasteiger partial charge in [-0.05, 0) is 50.6 Å². The molecule has 1 aromatic carbocycles. The molecular weight excluding hydrogens is 312 g/mol. The molecule has 0 unspecified atom stereocenters. The average Bonchev–Trinajstić information content (AvgIpc) is 3.12. The summed E-state index contributed by atoms with van der Waals surface area (Å²) in [5, 5.41) is 1.21. The van der Waals surface area contributed by atoms with Gasteiger partial charge in [0.05, 0.1) is 42.6 Å². The molecule has 0 amide bonds. The Hall–Kier alpha value is -2.40. The highest BCUT2D eigenvalue weighted by atomic mass is 16.5. The largest absolute Gasteiger partial charge is 0.378 e. The van der Waals surface area contributed by atoms with E-state index in [0.29, 0.717) is 6.04 Å². The predicted octanol–water partition coefficient (Wildman–Crippen LogP) is 3.82. The van der Waals surface area contributed by atoms with Gasteiger partial charge >= 0.3 is 0 Å². The smallest absolute Gasteiger partial charge is 0.0953 e. The van der Waals surface area contributed by atoms with E-state index < -0.39 is 0 Å². The quantitative estimate of drug-likeness (QED) is 0.729. The monoisotopic (exact) mass is 336 g/mol. The van der Waals surface area contributed by atoms with Gasteiger partial charge < -0.3 is 14.2 Å². The number of ether oxygens (including phenoxy) is 1. The van der Waals surface area contributed by atoms with Crippen LogP contribution in [0, 0.1) is 6.92 Å². The number of pyridine rings is 1. The molecule has 130 valence electrons. The van der Waals surface area contributed by atoms with E-state index in [-0.39, 0.29) is 0 Å². The molecule has 2 aromatic heterocycles. The van der Waals surface area contributed by atoms with Crippen LogP contribution in [0.3, 0.4) is 0 Å². The highest BCUT2D eigenvalue weighted by Gasteiger charge is 2.14. The van der Waals surface area contributed by atoms with Crippen LogP contribution in [0.2, 0.25) is 0 Å². The number of rotatable bonds is 3. The summed E-state index contributed by atoms with van der Waals surface area (Å²) in [5.74, 6) is 0. The van der Waals surface area contributed by atoms with E-state index in [1.54, 1.807) is 0 Å². The molecule has 5 heteroatoms. The van der Waals surface area contributed by atoms with Crippen molar-refractivity contribution in [3.8, 4) is 11.4 Å². The summed E-state index contributed by atoms with van der Waals surface area (Å²) in [6, 6.07) is 9.09. The van der Waals surface area contributed by atoms with Crippen molar-refractivity contribution < 1.29 is 4.74 Å². The Morgan fingerprint density at radius 1 is 1.12 bits per heavy atom. The first-order valence-corrected chi connectivity index (χ1v) is 8.90. The lowest BCUT2D eigenvalue weighted by Gasteiger charge is -2.29. The Labute approximate surface area is 148 Å². The number of anilines is 1. The van der Waals surface area contributed by atoms with Crippen LogP contribution < -0.4 is 4.90 Å². The Bertz CT molecular complexity index is 894. The Balaban J connectivity index is 1.76. The van der Waals surface area contributed by atoms with Gasteiger partial charge in [0.25, 0.3) is 0 Å². The second-order valence-electron chi connectivity index (χ2n) is 6.91. The third-order valence-corrected chi connectivity index (χ3v) is 4.86. The van der Waals surface area contributed by atoms with Crippen molar-refractivity contribution in [3.05, 3.63) is 42.4 Å². The van der Waals surface area contributed by atoms with E-state index in [1.165, 1.54) is 16.6 Å². The number of aromatic nitrogens is 3. The summed E-state index contributed by atoms with van der Waals surface area (Å²) in [4.78, 5) is 11.6. The highest BCUT2D eigenvalue weighted by Crippen LogP contribution is 2.29. The number of aryl methyl sites for hydroxylation is 1. The zero-order valence-electron chi connectivity index (χ0n) is 15.1. The Morgan fingerprint density at radius 2 is 1.92 bits per heavy atom. The van der Waals surface area contributed by atoms with E-state index in [1.807, 2.05) is 12.5 Å². The second kappa shape index (κ2) is 6.48. The van der Waals surface area contributed by atoms with Crippen LogP contribution in [0.5, 0.6) is 0 Å². The van der Waals surface area contributed by atoms with E-state index in [9.17, 15) is 0 Å². The van der Waals surface area contributed by atoms with Gasteiger partial charge in [0.2, 0.25) is 0 Å². The molecule has 4 rings (SSSR count). The number of hydrogen-bond acceptors (Lipinski definition) is 4. The van der Waals surface area contributed by atoms with E-state index in [2.05, 4.69) is 59.5 Å². The predicted molar refractivity (Wildman–Crippen MR) is 101 cm³/mol. The minimum atomic E-state index is 0.360. The molecule has 0 atom stereocenters. The van der Waals surface area contributed by atoms with E-state index >= 15 is 0 Å². The van der Waals surface area contributed by atoms with Gasteiger partial charge in [0, 0.05) is 30.2 Å². The van der Waals surface area contributed by atoms with Crippen molar-refractivity contribution in [3.63, 3.8) is 0 Å². The fraction of sp³-hybridized carbons (Fsp3) is 0.400. The molecule has 1 aliphatic heterocycles. The molecule has 0 bridgehead atoms. The molecule has 25 heavy (non-hydrogen) atoms. The average molecular weight is 336 g/mol. The van der Waals surface area contributed by atoms with Crippen molar-refractivity contribution in [2.24, 2.45) is 0 Å². The first-order valence-electron chi connectivity index (χ1n) is 8.90. The highest BCUT2D eigenvalue weighted by molar-refractivity contribution is 5.87. The third-order valence-electron chi connectivity index (χ3n) is 4.86. The second-order valence-corrected chi connectivity index (χ2v) is 6.91. The maximum atomic E-state index is 5.46. The molecular formula is C20H24N4O. The third kappa shape index (κ3) is 3.00. The number of imidazole rings is 1. The first-order chi connectivity index (χ1) is 12.1. The van der Waals surface area contributed by atoms with Crippen LogP contribution >= 0.6 is 0 Å². The van der Waals surface area contributed by atoms with Gasteiger partial charge in [-0.15, -0.1) is 0 Å². The van der Waals surface area contributed by atoms with Crippen LogP contribution in [0.25, 0.3) is 22.3 Å². The lowest BCUT2D eigenvalue weighted by Crippen LogP contribution is -2.36. The van der Waals surface area contributed by atoms with Gasteiger partial charge in [-0.3, -0.25) is 0 Å². The lowest BCUT2D eigenvalue weighted by atomic mass is 10.1. The molecule has 1 aliphatic rings. The summed E-state index contributed by atoms with van der Waals surface area (Å²) in [6.45, 7) is 9.97. The number of hydrogen-bond donors (Lipinski definition) is 0. The molecule has 1 saturated heterocycles. The van der Waals surface area contributed by atoms with Gasteiger partial charge in [-0.25, -0.2) is 9.97 Å². The number of fused-ring (bicyclic) bond motifs is 1. The number of benzene rings is 1. The number of morpholine rings is 1. The molecule has 1 fully saturated rings. The van der Waals surface area contributed by atoms with Gasteiger partial charge in [-0.2, -0.15) is 0 Å². The van der Waals surface area contributed by atoms with Crippen LogP contribution in [0.15, 0.2) is 36.8 Å². The molecule has 0 radical (unpaired) electrons. The number of nitrogens with zero attached hydrogens (tertiary/aromatic N) is 4. The summed E-state index contributed by atoms with van der Waals surface area (Å²) < 4.78 is 7.62. The zero-order valence-corrected chi connectivity index (χ0v) is 15.1. The summed E-state index contributed by atoms with van der Waals surface area (Å²) >= 11 is 0. The molecule has 0 N–H and O–H groups in total. The molecule has 3 aromatic rings. The minimum absolute atomic E-state index is 0.360. The Kier molecular flexibility index (Phi) is 4.17. The first kappa shape index (κ1) is 16.1. The fourth-order valence-electron chi connectivity index (χ4n) is 3.45. The van der Waals surface area contributed by atoms with Crippen LogP contribution in [-0.2, 0) is 4.74 Å². The van der Waals surface area contributed by atoms with Crippen molar-refractivity contribution in [2.45, 2.75) is 26.8 Å². The molecule has 3 heterocycles. The maximum absolute atomic E-state index is 5.46. The van der Waals surface area contributed by atoms with Gasteiger partial charge in [0.1, 0.15) is 0 Å². The van der Waals surface area contributed by atoms with E-state index in [4.69, 9.17) is 9.72 Å². The van der Waals surface area contributed by atoms with Crippen molar-refractivity contribution in [1.82, 2.24) is 14.5 Å². The van der Waals surface area contributed by atoms with Crippen molar-refractivity contribution >= 4 is 16.6 Å². The maximum Gasteiger partial charge on any atom is 0.0953 e. The normalized spacial score (nSPS) is 15.3. The van der Waals surface area contributed by atoms with Gasteiger partial charge in [-0.1, -0.05) is 0 Å². The Morgan fingerprint density at radius 3 is 2.68 bits per heavy atom. The molecule has 0 saturated carbocycles. The molecule has 0 aliphatic carbocycles. The summed E-state index contributed by atoms with van der Waals surface area (Å²) in [6.07, 6.45) is 3.78.